The van der Waals surface area contributed by atoms with E-state index >= 15 is 0 Å². The van der Waals surface area contributed by atoms with Crippen molar-refractivity contribution in [3.63, 3.8) is 0 Å². The molecule has 29 heavy (non-hydrogen) atoms. The number of rotatable bonds is 4. The predicted octanol–water partition coefficient (Wildman–Crippen LogP) is 8.49. The van der Waals surface area contributed by atoms with Crippen LogP contribution < -0.4 is 4.90 Å². The first-order valence-electron chi connectivity index (χ1n) is 10.0. The van der Waals surface area contributed by atoms with Crippen molar-refractivity contribution in [1.29, 1.82) is 0 Å². The van der Waals surface area contributed by atoms with Gasteiger partial charge in [0.2, 0.25) is 0 Å². The molecule has 0 fully saturated rings. The van der Waals surface area contributed by atoms with Crippen LogP contribution in [0, 0.1) is 6.92 Å². The lowest BCUT2D eigenvalue weighted by molar-refractivity contribution is 0.590. The molecular weight excluding hydrogens is 370 g/mol. The number of aryl methyl sites for hydroxylation is 1. The van der Waals surface area contributed by atoms with Crippen LogP contribution in [0.2, 0.25) is 0 Å². The van der Waals surface area contributed by atoms with Crippen molar-refractivity contribution in [2.75, 3.05) is 4.90 Å². The van der Waals surface area contributed by atoms with Crippen LogP contribution >= 0.6 is 11.3 Å². The zero-order valence-corrected chi connectivity index (χ0v) is 18.3. The molecule has 0 saturated heterocycles. The van der Waals surface area contributed by atoms with Crippen molar-refractivity contribution >= 4 is 28.4 Å². The molecule has 1 nitrogen and oxygen atoms in total. The number of hydrogen-bond donors (Lipinski definition) is 0. The van der Waals surface area contributed by atoms with E-state index in [1.165, 1.54) is 32.9 Å². The Morgan fingerprint density at radius 2 is 1.17 bits per heavy atom. The van der Waals surface area contributed by atoms with Gasteiger partial charge in [-0.3, -0.25) is 0 Å². The summed E-state index contributed by atoms with van der Waals surface area (Å²) in [5.41, 5.74) is 7.53. The first-order valence-corrected chi connectivity index (χ1v) is 10.9. The molecule has 0 amide bonds. The Morgan fingerprint density at radius 1 is 0.655 bits per heavy atom. The average molecular weight is 398 g/mol. The van der Waals surface area contributed by atoms with Gasteiger partial charge in [-0.25, -0.2) is 0 Å². The number of nitrogens with zero attached hydrogens (tertiary/aromatic N) is 1. The summed E-state index contributed by atoms with van der Waals surface area (Å²) in [5, 5.41) is 2.12. The largest absolute Gasteiger partial charge is 0.311 e. The smallest absolute Gasteiger partial charge is 0.0462 e. The SMILES string of the molecule is Cc1ccc(N(c2ccc(-c3cccs3)cc2)c2ccc(C(C)(C)C)cc2)cc1. The van der Waals surface area contributed by atoms with Gasteiger partial charge in [0.25, 0.3) is 0 Å². The summed E-state index contributed by atoms with van der Waals surface area (Å²) in [6, 6.07) is 30.8. The van der Waals surface area contributed by atoms with Gasteiger partial charge in [0.05, 0.1) is 0 Å². The van der Waals surface area contributed by atoms with E-state index in [1.54, 1.807) is 11.3 Å². The minimum Gasteiger partial charge on any atom is -0.311 e. The summed E-state index contributed by atoms with van der Waals surface area (Å²) in [6.45, 7) is 8.89. The molecule has 1 aromatic heterocycles. The summed E-state index contributed by atoms with van der Waals surface area (Å²) in [4.78, 5) is 3.62. The standard InChI is InChI=1S/C27H27NS/c1-20-7-13-23(14-8-20)28(25-17-11-22(12-18-25)27(2,3)4)24-15-9-21(10-16-24)26-6-5-19-29-26/h5-19H,1-4H3. The molecule has 0 saturated carbocycles. The molecular formula is C27H27NS. The van der Waals surface area contributed by atoms with Crippen LogP contribution in [0.15, 0.2) is 90.3 Å². The van der Waals surface area contributed by atoms with Crippen molar-refractivity contribution < 1.29 is 0 Å². The fourth-order valence-electron chi connectivity index (χ4n) is 3.47. The summed E-state index contributed by atoms with van der Waals surface area (Å²) >= 11 is 1.77. The Balaban J connectivity index is 1.75. The number of thiophene rings is 1. The molecule has 0 spiro atoms. The second-order valence-electron chi connectivity index (χ2n) is 8.49. The fourth-order valence-corrected chi connectivity index (χ4v) is 4.20. The van der Waals surface area contributed by atoms with Gasteiger partial charge in [-0.05, 0) is 71.3 Å². The van der Waals surface area contributed by atoms with Crippen LogP contribution in [0.1, 0.15) is 31.9 Å². The summed E-state index contributed by atoms with van der Waals surface area (Å²) < 4.78 is 0. The molecule has 0 aliphatic rings. The van der Waals surface area contributed by atoms with Gasteiger partial charge in [0, 0.05) is 21.9 Å². The predicted molar refractivity (Wildman–Crippen MR) is 128 cm³/mol. The van der Waals surface area contributed by atoms with E-state index in [4.69, 9.17) is 0 Å². The lowest BCUT2D eigenvalue weighted by Gasteiger charge is -2.27. The fraction of sp³-hybridized carbons (Fsp3) is 0.185. The number of hydrogen-bond acceptors (Lipinski definition) is 2. The van der Waals surface area contributed by atoms with Crippen LogP contribution in [0.4, 0.5) is 17.1 Å². The molecule has 0 atom stereocenters. The lowest BCUT2D eigenvalue weighted by Crippen LogP contribution is -2.13. The van der Waals surface area contributed by atoms with Crippen molar-refractivity contribution in [2.24, 2.45) is 0 Å². The Labute approximate surface area is 178 Å². The first-order chi connectivity index (χ1) is 13.9. The maximum Gasteiger partial charge on any atom is 0.0462 e. The summed E-state index contributed by atoms with van der Waals surface area (Å²) in [7, 11) is 0. The van der Waals surface area contributed by atoms with E-state index in [9.17, 15) is 0 Å². The van der Waals surface area contributed by atoms with Gasteiger partial charge >= 0.3 is 0 Å². The van der Waals surface area contributed by atoms with Gasteiger partial charge in [0.15, 0.2) is 0 Å². The zero-order chi connectivity index (χ0) is 20.4. The summed E-state index contributed by atoms with van der Waals surface area (Å²) in [5.74, 6) is 0. The maximum atomic E-state index is 2.32. The molecule has 0 radical (unpaired) electrons. The van der Waals surface area contributed by atoms with Crippen LogP contribution in [-0.4, -0.2) is 0 Å². The van der Waals surface area contributed by atoms with Crippen LogP contribution in [-0.2, 0) is 5.41 Å². The van der Waals surface area contributed by atoms with E-state index in [2.05, 4.69) is 123 Å². The van der Waals surface area contributed by atoms with Gasteiger partial charge in [0.1, 0.15) is 0 Å². The molecule has 0 unspecified atom stereocenters. The van der Waals surface area contributed by atoms with Crippen molar-refractivity contribution in [3.05, 3.63) is 101 Å². The highest BCUT2D eigenvalue weighted by Crippen LogP contribution is 2.37. The minimum atomic E-state index is 0.148. The van der Waals surface area contributed by atoms with Crippen molar-refractivity contribution in [1.82, 2.24) is 0 Å². The highest BCUT2D eigenvalue weighted by atomic mass is 32.1. The van der Waals surface area contributed by atoms with E-state index < -0.39 is 0 Å². The second-order valence-corrected chi connectivity index (χ2v) is 9.44. The Hall–Kier alpha value is -2.84. The molecule has 4 aromatic rings. The highest BCUT2D eigenvalue weighted by molar-refractivity contribution is 7.13. The molecule has 0 N–H and O–H groups in total. The Kier molecular flexibility index (Phi) is 5.29. The molecule has 4 rings (SSSR count). The molecule has 0 aliphatic heterocycles. The van der Waals surface area contributed by atoms with Gasteiger partial charge < -0.3 is 4.90 Å². The van der Waals surface area contributed by atoms with Crippen molar-refractivity contribution in [2.45, 2.75) is 33.1 Å². The quantitative estimate of drug-likeness (QED) is 0.334. The minimum absolute atomic E-state index is 0.148. The van der Waals surface area contributed by atoms with Gasteiger partial charge in [-0.1, -0.05) is 68.8 Å². The monoisotopic (exact) mass is 397 g/mol. The first kappa shape index (κ1) is 19.5. The highest BCUT2D eigenvalue weighted by Gasteiger charge is 2.16. The summed E-state index contributed by atoms with van der Waals surface area (Å²) in [6.07, 6.45) is 0. The van der Waals surface area contributed by atoms with Crippen LogP contribution in [0.5, 0.6) is 0 Å². The molecule has 0 bridgehead atoms. The van der Waals surface area contributed by atoms with E-state index in [0.29, 0.717) is 0 Å². The van der Waals surface area contributed by atoms with Gasteiger partial charge in [-0.15, -0.1) is 11.3 Å². The topological polar surface area (TPSA) is 3.24 Å². The van der Waals surface area contributed by atoms with E-state index in [1.807, 2.05) is 0 Å². The zero-order valence-electron chi connectivity index (χ0n) is 17.5. The van der Waals surface area contributed by atoms with Crippen LogP contribution in [0.25, 0.3) is 10.4 Å². The Bertz CT molecular complexity index is 1050. The molecule has 0 aliphatic carbocycles. The molecule has 3 aromatic carbocycles. The average Bonchev–Trinajstić information content (AvgIpc) is 3.25. The molecule has 1 heterocycles. The lowest BCUT2D eigenvalue weighted by atomic mass is 9.87. The third kappa shape index (κ3) is 4.28. The third-order valence-electron chi connectivity index (χ3n) is 5.21. The Morgan fingerprint density at radius 3 is 1.66 bits per heavy atom. The number of benzene rings is 3. The molecule has 146 valence electrons. The van der Waals surface area contributed by atoms with E-state index in [-0.39, 0.29) is 5.41 Å². The normalized spacial score (nSPS) is 11.4. The van der Waals surface area contributed by atoms with Gasteiger partial charge in [-0.2, -0.15) is 0 Å². The molecule has 2 heteroatoms. The van der Waals surface area contributed by atoms with Crippen molar-refractivity contribution in [3.8, 4) is 10.4 Å². The van der Waals surface area contributed by atoms with Crippen LogP contribution in [0.3, 0.4) is 0 Å². The number of anilines is 3. The maximum absolute atomic E-state index is 2.32. The van der Waals surface area contributed by atoms with E-state index in [0.717, 1.165) is 5.69 Å². The third-order valence-corrected chi connectivity index (χ3v) is 6.13. The second kappa shape index (κ2) is 7.88.